The zero-order valence-corrected chi connectivity index (χ0v) is 18.6. The maximum absolute atomic E-state index is 10.5. The van der Waals surface area contributed by atoms with Crippen LogP contribution in [-0.4, -0.2) is 29.4 Å². The molecule has 0 amide bonds. The van der Waals surface area contributed by atoms with E-state index >= 15 is 0 Å². The fourth-order valence-corrected chi connectivity index (χ4v) is 3.79. The molecule has 4 nitrogen and oxygen atoms in total. The minimum absolute atomic E-state index is 0.133. The number of aryl methyl sites for hydroxylation is 2. The average molecular weight is 420 g/mol. The zero-order valence-electron chi connectivity index (χ0n) is 18.6. The number of benzene rings is 3. The highest BCUT2D eigenvalue weighted by molar-refractivity contribution is 5.69. The lowest BCUT2D eigenvalue weighted by Crippen LogP contribution is -2.35. The number of aliphatic hydroxyl groups is 1. The smallest absolute Gasteiger partial charge is 0.122 e. The van der Waals surface area contributed by atoms with Gasteiger partial charge in [0, 0.05) is 12.6 Å². The molecular weight excluding hydrogens is 386 g/mol. The first-order chi connectivity index (χ1) is 15.0. The summed E-state index contributed by atoms with van der Waals surface area (Å²) in [6.07, 6.45) is 1.56. The lowest BCUT2D eigenvalue weighted by Gasteiger charge is -2.21. The van der Waals surface area contributed by atoms with Crippen LogP contribution in [0, 0.1) is 6.92 Å². The van der Waals surface area contributed by atoms with E-state index in [0.717, 1.165) is 29.7 Å². The second-order valence-electron chi connectivity index (χ2n) is 8.02. The van der Waals surface area contributed by atoms with Crippen molar-refractivity contribution >= 4 is 0 Å². The van der Waals surface area contributed by atoms with Gasteiger partial charge in [-0.05, 0) is 72.4 Å². The molecule has 31 heavy (non-hydrogen) atoms. The highest BCUT2D eigenvalue weighted by Crippen LogP contribution is 2.29. The predicted molar refractivity (Wildman–Crippen MR) is 127 cm³/mol. The number of hydrogen-bond acceptors (Lipinski definition) is 4. The number of phenolic OH excluding ortho intramolecular Hbond substituents is 1. The summed E-state index contributed by atoms with van der Waals surface area (Å²) < 4.78 is 5.98. The first-order valence-electron chi connectivity index (χ1n) is 11.0. The van der Waals surface area contributed by atoms with Crippen molar-refractivity contribution in [3.63, 3.8) is 0 Å². The SMILES string of the molecule is CCCc1ccccc1-c1ccc(OCCN[C@H](C)[C@@H](O)c2ccc(O)cc2)c(C)c1. The van der Waals surface area contributed by atoms with E-state index in [0.29, 0.717) is 13.2 Å². The van der Waals surface area contributed by atoms with Crippen molar-refractivity contribution in [2.75, 3.05) is 13.2 Å². The molecule has 0 unspecified atom stereocenters. The van der Waals surface area contributed by atoms with Crippen LogP contribution < -0.4 is 10.1 Å². The predicted octanol–water partition coefficient (Wildman–Crippen LogP) is 5.41. The molecule has 3 aromatic carbocycles. The van der Waals surface area contributed by atoms with Crippen LogP contribution in [0.3, 0.4) is 0 Å². The Kier molecular flexibility index (Phi) is 8.10. The molecular formula is C27H33NO3. The molecule has 0 aromatic heterocycles. The molecule has 0 spiro atoms. The molecule has 3 aromatic rings. The van der Waals surface area contributed by atoms with Crippen LogP contribution in [0.1, 0.15) is 43.1 Å². The van der Waals surface area contributed by atoms with Crippen molar-refractivity contribution < 1.29 is 14.9 Å². The molecule has 0 bridgehead atoms. The quantitative estimate of drug-likeness (QED) is 0.385. The molecule has 164 valence electrons. The molecule has 0 aliphatic carbocycles. The summed E-state index contributed by atoms with van der Waals surface area (Å²) in [5.74, 6) is 1.07. The van der Waals surface area contributed by atoms with Crippen molar-refractivity contribution in [2.24, 2.45) is 0 Å². The molecule has 0 aliphatic heterocycles. The van der Waals surface area contributed by atoms with Crippen molar-refractivity contribution in [3.8, 4) is 22.6 Å². The summed E-state index contributed by atoms with van der Waals surface area (Å²) in [6.45, 7) is 7.35. The summed E-state index contributed by atoms with van der Waals surface area (Å²) in [6, 6.07) is 21.5. The van der Waals surface area contributed by atoms with Gasteiger partial charge in [-0.25, -0.2) is 0 Å². The molecule has 0 saturated carbocycles. The van der Waals surface area contributed by atoms with Gasteiger partial charge < -0.3 is 20.3 Å². The number of aliphatic hydroxyl groups excluding tert-OH is 1. The van der Waals surface area contributed by atoms with Crippen LogP contribution in [0.2, 0.25) is 0 Å². The largest absolute Gasteiger partial charge is 0.508 e. The third-order valence-electron chi connectivity index (χ3n) is 5.56. The zero-order chi connectivity index (χ0) is 22.2. The highest BCUT2D eigenvalue weighted by atomic mass is 16.5. The molecule has 0 fully saturated rings. The Labute approximate surface area is 185 Å². The summed E-state index contributed by atoms with van der Waals surface area (Å²) >= 11 is 0. The summed E-state index contributed by atoms with van der Waals surface area (Å²) in [5.41, 5.74) is 5.77. The Bertz CT molecular complexity index is 968. The molecule has 0 saturated heterocycles. The van der Waals surface area contributed by atoms with Gasteiger partial charge in [0.1, 0.15) is 18.1 Å². The van der Waals surface area contributed by atoms with Crippen molar-refractivity contribution in [3.05, 3.63) is 83.4 Å². The fraction of sp³-hybridized carbons (Fsp3) is 0.333. The lowest BCUT2D eigenvalue weighted by molar-refractivity contribution is 0.133. The van der Waals surface area contributed by atoms with Gasteiger partial charge in [0.15, 0.2) is 0 Å². The van der Waals surface area contributed by atoms with E-state index in [-0.39, 0.29) is 11.8 Å². The topological polar surface area (TPSA) is 61.7 Å². The van der Waals surface area contributed by atoms with Gasteiger partial charge in [-0.2, -0.15) is 0 Å². The van der Waals surface area contributed by atoms with Gasteiger partial charge in [0.05, 0.1) is 6.10 Å². The first kappa shape index (κ1) is 22.9. The normalized spacial score (nSPS) is 13.0. The Hall–Kier alpha value is -2.82. The second-order valence-corrected chi connectivity index (χ2v) is 8.02. The minimum Gasteiger partial charge on any atom is -0.508 e. The highest BCUT2D eigenvalue weighted by Gasteiger charge is 2.15. The number of ether oxygens (including phenoxy) is 1. The van der Waals surface area contributed by atoms with E-state index in [1.54, 1.807) is 24.3 Å². The van der Waals surface area contributed by atoms with Crippen molar-refractivity contribution in [1.82, 2.24) is 5.32 Å². The van der Waals surface area contributed by atoms with Gasteiger partial charge in [-0.1, -0.05) is 55.8 Å². The first-order valence-corrected chi connectivity index (χ1v) is 11.0. The molecule has 3 rings (SSSR count). The standard InChI is InChI=1S/C27H33NO3/c1-4-7-21-8-5-6-9-25(21)23-12-15-26(19(2)18-23)31-17-16-28-20(3)27(30)22-10-13-24(29)14-11-22/h5-6,8-15,18,20,27-30H,4,7,16-17H2,1-3H3/t20-,27-/m1/s1. The maximum atomic E-state index is 10.5. The Morgan fingerprint density at radius 1 is 1.00 bits per heavy atom. The average Bonchev–Trinajstić information content (AvgIpc) is 2.78. The van der Waals surface area contributed by atoms with Crippen LogP contribution in [0.25, 0.3) is 11.1 Å². The molecule has 0 radical (unpaired) electrons. The minimum atomic E-state index is -0.648. The van der Waals surface area contributed by atoms with Crippen LogP contribution in [0.5, 0.6) is 11.5 Å². The lowest BCUT2D eigenvalue weighted by atomic mass is 9.96. The number of phenols is 1. The molecule has 3 N–H and O–H groups in total. The van der Waals surface area contributed by atoms with E-state index < -0.39 is 6.10 Å². The third-order valence-corrected chi connectivity index (χ3v) is 5.56. The summed E-state index contributed by atoms with van der Waals surface area (Å²) in [4.78, 5) is 0. The summed E-state index contributed by atoms with van der Waals surface area (Å²) in [7, 11) is 0. The molecule has 0 heterocycles. The van der Waals surface area contributed by atoms with Crippen molar-refractivity contribution in [1.29, 1.82) is 0 Å². The molecule has 0 aliphatic rings. The van der Waals surface area contributed by atoms with Gasteiger partial charge in [0.2, 0.25) is 0 Å². The Balaban J connectivity index is 1.54. The molecule has 4 heteroatoms. The number of nitrogens with one attached hydrogen (secondary N) is 1. The van der Waals surface area contributed by atoms with E-state index in [1.165, 1.54) is 16.7 Å². The number of aromatic hydroxyl groups is 1. The third kappa shape index (κ3) is 6.09. The monoisotopic (exact) mass is 419 g/mol. The van der Waals surface area contributed by atoms with Gasteiger partial charge in [-0.3, -0.25) is 0 Å². The van der Waals surface area contributed by atoms with E-state index in [1.807, 2.05) is 13.0 Å². The molecule has 2 atom stereocenters. The van der Waals surface area contributed by atoms with Crippen LogP contribution >= 0.6 is 0 Å². The van der Waals surface area contributed by atoms with Gasteiger partial charge in [-0.15, -0.1) is 0 Å². The number of rotatable bonds is 10. The maximum Gasteiger partial charge on any atom is 0.122 e. The van der Waals surface area contributed by atoms with Crippen LogP contribution in [-0.2, 0) is 6.42 Å². The van der Waals surface area contributed by atoms with Gasteiger partial charge >= 0.3 is 0 Å². The van der Waals surface area contributed by atoms with Crippen LogP contribution in [0.4, 0.5) is 0 Å². The van der Waals surface area contributed by atoms with E-state index in [9.17, 15) is 10.2 Å². The Morgan fingerprint density at radius 2 is 1.74 bits per heavy atom. The fourth-order valence-electron chi connectivity index (χ4n) is 3.79. The summed E-state index contributed by atoms with van der Waals surface area (Å²) in [5, 5.41) is 23.1. The van der Waals surface area contributed by atoms with Crippen LogP contribution in [0.15, 0.2) is 66.7 Å². The Morgan fingerprint density at radius 3 is 2.45 bits per heavy atom. The van der Waals surface area contributed by atoms with E-state index in [2.05, 4.69) is 55.6 Å². The number of hydrogen-bond donors (Lipinski definition) is 3. The second kappa shape index (κ2) is 11.0. The van der Waals surface area contributed by atoms with E-state index in [4.69, 9.17) is 4.74 Å². The van der Waals surface area contributed by atoms with Gasteiger partial charge in [0.25, 0.3) is 0 Å². The van der Waals surface area contributed by atoms with Crippen molar-refractivity contribution in [2.45, 2.75) is 45.8 Å².